The van der Waals surface area contributed by atoms with Crippen LogP contribution in [0.2, 0.25) is 0 Å². The fraction of sp³-hybridized carbons (Fsp3) is 0.0833. The molecule has 5 nitrogen and oxygen atoms in total. The molecule has 19 heavy (non-hydrogen) atoms. The van der Waals surface area contributed by atoms with Crippen molar-refractivity contribution in [3.05, 3.63) is 54.7 Å². The fourth-order valence-electron chi connectivity index (χ4n) is 1.48. The third-order valence-corrected chi connectivity index (χ3v) is 4.10. The van der Waals surface area contributed by atoms with Crippen molar-refractivity contribution in [3.63, 3.8) is 0 Å². The lowest BCUT2D eigenvalue weighted by Crippen LogP contribution is -2.11. The Morgan fingerprint density at radius 1 is 1.37 bits per heavy atom. The highest BCUT2D eigenvalue weighted by molar-refractivity contribution is 9.11. The Morgan fingerprint density at radius 2 is 2.11 bits per heavy atom. The van der Waals surface area contributed by atoms with Crippen LogP contribution >= 0.6 is 27.3 Å². The molecule has 0 saturated carbocycles. The number of rotatable bonds is 3. The van der Waals surface area contributed by atoms with E-state index in [-0.39, 0.29) is 11.6 Å². The van der Waals surface area contributed by atoms with Gasteiger partial charge in [-0.1, -0.05) is 6.07 Å². The Morgan fingerprint density at radius 3 is 2.68 bits per heavy atom. The zero-order chi connectivity index (χ0) is 14.0. The number of anilines is 1. The van der Waals surface area contributed by atoms with E-state index in [1.807, 2.05) is 0 Å². The van der Waals surface area contributed by atoms with Gasteiger partial charge in [-0.05, 0) is 40.5 Å². The minimum atomic E-state index is -0.489. The van der Waals surface area contributed by atoms with Crippen molar-refractivity contribution in [3.8, 4) is 0 Å². The van der Waals surface area contributed by atoms with Crippen LogP contribution in [0.1, 0.15) is 15.2 Å². The molecule has 1 amide bonds. The fourth-order valence-corrected chi connectivity index (χ4v) is 2.76. The van der Waals surface area contributed by atoms with Crippen LogP contribution < -0.4 is 5.32 Å². The Hall–Kier alpha value is -1.73. The van der Waals surface area contributed by atoms with Crippen LogP contribution in [0, 0.1) is 17.0 Å². The average Bonchev–Trinajstić information content (AvgIpc) is 2.78. The highest BCUT2D eigenvalue weighted by atomic mass is 79.9. The van der Waals surface area contributed by atoms with E-state index in [1.54, 1.807) is 25.1 Å². The number of amides is 1. The van der Waals surface area contributed by atoms with Gasteiger partial charge in [-0.3, -0.25) is 14.9 Å². The summed E-state index contributed by atoms with van der Waals surface area (Å²) in [6, 6.07) is 7.84. The molecule has 1 heterocycles. The van der Waals surface area contributed by atoms with Gasteiger partial charge in [0.1, 0.15) is 0 Å². The lowest BCUT2D eigenvalue weighted by Gasteiger charge is -2.06. The van der Waals surface area contributed by atoms with Crippen LogP contribution in [0.5, 0.6) is 0 Å². The lowest BCUT2D eigenvalue weighted by atomic mass is 10.2. The van der Waals surface area contributed by atoms with Gasteiger partial charge in [-0.2, -0.15) is 0 Å². The molecule has 98 valence electrons. The molecule has 0 radical (unpaired) electrons. The van der Waals surface area contributed by atoms with Crippen molar-refractivity contribution >= 4 is 44.5 Å². The summed E-state index contributed by atoms with van der Waals surface area (Å²) in [6.07, 6.45) is 0. The highest BCUT2D eigenvalue weighted by Crippen LogP contribution is 2.25. The second-order valence-electron chi connectivity index (χ2n) is 3.81. The van der Waals surface area contributed by atoms with E-state index in [4.69, 9.17) is 0 Å². The SMILES string of the molecule is Cc1ccc([N+](=O)[O-])cc1NC(=O)c1ccc(Br)s1. The van der Waals surface area contributed by atoms with Crippen molar-refractivity contribution in [2.45, 2.75) is 6.92 Å². The Labute approximate surface area is 121 Å². The van der Waals surface area contributed by atoms with Gasteiger partial charge in [0.2, 0.25) is 0 Å². The molecule has 2 rings (SSSR count). The first-order valence-corrected chi connectivity index (χ1v) is 6.90. The predicted molar refractivity (Wildman–Crippen MR) is 77.8 cm³/mol. The van der Waals surface area contributed by atoms with E-state index in [9.17, 15) is 14.9 Å². The number of thiophene rings is 1. The number of carbonyl (C=O) groups excluding carboxylic acids is 1. The summed E-state index contributed by atoms with van der Waals surface area (Å²) in [5.41, 5.74) is 1.17. The summed E-state index contributed by atoms with van der Waals surface area (Å²) in [5.74, 6) is -0.278. The topological polar surface area (TPSA) is 72.2 Å². The van der Waals surface area contributed by atoms with Gasteiger partial charge in [0, 0.05) is 12.1 Å². The van der Waals surface area contributed by atoms with Gasteiger partial charge in [0.15, 0.2) is 0 Å². The number of carbonyl (C=O) groups is 1. The van der Waals surface area contributed by atoms with Crippen molar-refractivity contribution in [2.24, 2.45) is 0 Å². The van der Waals surface area contributed by atoms with Gasteiger partial charge in [-0.15, -0.1) is 11.3 Å². The first-order chi connectivity index (χ1) is 8.97. The first-order valence-electron chi connectivity index (χ1n) is 5.29. The van der Waals surface area contributed by atoms with E-state index < -0.39 is 4.92 Å². The van der Waals surface area contributed by atoms with Crippen molar-refractivity contribution in [1.29, 1.82) is 0 Å². The molecule has 0 aliphatic rings. The molecule has 7 heteroatoms. The van der Waals surface area contributed by atoms with Gasteiger partial charge in [-0.25, -0.2) is 0 Å². The third kappa shape index (κ3) is 3.18. The van der Waals surface area contributed by atoms with Crippen molar-refractivity contribution < 1.29 is 9.72 Å². The van der Waals surface area contributed by atoms with Crippen LogP contribution in [0.3, 0.4) is 0 Å². The number of nitro groups is 1. The summed E-state index contributed by atoms with van der Waals surface area (Å²) < 4.78 is 0.855. The molecule has 0 saturated heterocycles. The lowest BCUT2D eigenvalue weighted by molar-refractivity contribution is -0.384. The number of benzene rings is 1. The Kier molecular flexibility index (Phi) is 3.96. The second-order valence-corrected chi connectivity index (χ2v) is 6.28. The van der Waals surface area contributed by atoms with E-state index in [0.717, 1.165) is 9.35 Å². The molecule has 0 atom stereocenters. The molecular weight excluding hydrogens is 332 g/mol. The summed E-state index contributed by atoms with van der Waals surface area (Å²) >= 11 is 4.58. The second kappa shape index (κ2) is 5.50. The van der Waals surface area contributed by atoms with Gasteiger partial charge >= 0.3 is 0 Å². The Bertz CT molecular complexity index is 654. The number of nitrogens with zero attached hydrogens (tertiary/aromatic N) is 1. The maximum Gasteiger partial charge on any atom is 0.271 e. The highest BCUT2D eigenvalue weighted by Gasteiger charge is 2.13. The quantitative estimate of drug-likeness (QED) is 0.678. The first kappa shape index (κ1) is 13.7. The van der Waals surface area contributed by atoms with E-state index in [0.29, 0.717) is 10.6 Å². The number of non-ortho nitro benzene ring substituents is 1. The molecule has 2 aromatic rings. The molecule has 0 bridgehead atoms. The number of hydrogen-bond donors (Lipinski definition) is 1. The number of halogens is 1. The van der Waals surface area contributed by atoms with Crippen LogP contribution in [0.4, 0.5) is 11.4 Å². The normalized spacial score (nSPS) is 10.2. The summed E-state index contributed by atoms with van der Waals surface area (Å²) in [7, 11) is 0. The van der Waals surface area contributed by atoms with Gasteiger partial charge in [0.05, 0.1) is 19.3 Å². The minimum absolute atomic E-state index is 0.0479. The molecular formula is C12H9BrN2O3S. The smallest absolute Gasteiger partial charge is 0.271 e. The van der Waals surface area contributed by atoms with Gasteiger partial charge in [0.25, 0.3) is 11.6 Å². The van der Waals surface area contributed by atoms with Crippen molar-refractivity contribution in [1.82, 2.24) is 0 Å². The summed E-state index contributed by atoms with van der Waals surface area (Å²) in [5, 5.41) is 13.4. The van der Waals surface area contributed by atoms with Crippen LogP contribution in [0.15, 0.2) is 34.1 Å². The Balaban J connectivity index is 2.25. The maximum absolute atomic E-state index is 12.0. The molecule has 0 fully saturated rings. The molecule has 1 N–H and O–H groups in total. The van der Waals surface area contributed by atoms with Crippen LogP contribution in [-0.2, 0) is 0 Å². The minimum Gasteiger partial charge on any atom is -0.321 e. The van der Waals surface area contributed by atoms with Crippen LogP contribution in [-0.4, -0.2) is 10.8 Å². The molecule has 1 aromatic heterocycles. The van der Waals surface area contributed by atoms with Crippen molar-refractivity contribution in [2.75, 3.05) is 5.32 Å². The molecule has 0 spiro atoms. The standard InChI is InChI=1S/C12H9BrN2O3S/c1-7-2-3-8(15(17)18)6-9(7)14-12(16)10-4-5-11(13)19-10/h2-6H,1H3,(H,14,16). The monoisotopic (exact) mass is 340 g/mol. The van der Waals surface area contributed by atoms with Crippen LogP contribution in [0.25, 0.3) is 0 Å². The number of aryl methyl sites for hydroxylation is 1. The molecule has 0 unspecified atom stereocenters. The summed E-state index contributed by atoms with van der Waals surface area (Å²) in [4.78, 5) is 22.7. The third-order valence-electron chi connectivity index (χ3n) is 2.48. The zero-order valence-electron chi connectivity index (χ0n) is 9.84. The largest absolute Gasteiger partial charge is 0.321 e. The van der Waals surface area contributed by atoms with Gasteiger partial charge < -0.3 is 5.32 Å². The van der Waals surface area contributed by atoms with E-state index >= 15 is 0 Å². The van der Waals surface area contributed by atoms with E-state index in [1.165, 1.54) is 23.5 Å². The maximum atomic E-state index is 12.0. The average molecular weight is 341 g/mol. The number of nitrogens with one attached hydrogen (secondary N) is 1. The summed E-state index contributed by atoms with van der Waals surface area (Å²) in [6.45, 7) is 1.78. The predicted octanol–water partition coefficient (Wildman–Crippen LogP) is 3.98. The molecule has 0 aliphatic carbocycles. The van der Waals surface area contributed by atoms with E-state index in [2.05, 4.69) is 21.2 Å². The molecule has 1 aromatic carbocycles. The number of nitro benzene ring substituents is 1. The zero-order valence-corrected chi connectivity index (χ0v) is 12.2. The number of hydrogen-bond acceptors (Lipinski definition) is 4. The molecule has 0 aliphatic heterocycles.